The molecule has 2 radical (unpaired) electrons. The average molecular weight is 112 g/mol. The summed E-state index contributed by atoms with van der Waals surface area (Å²) in [6.07, 6.45) is 6.97. The molecule has 0 fully saturated rings. The van der Waals surface area contributed by atoms with Crippen LogP contribution in [0, 0.1) is 18.8 Å². The molecule has 0 heterocycles. The first-order valence-corrected chi connectivity index (χ1v) is 3.37. The highest BCUT2D eigenvalue weighted by Gasteiger charge is 1.96. The predicted octanol–water partition coefficient (Wildman–Crippen LogP) is 2.85. The smallest absolute Gasteiger partial charge is 0.0414 e. The molecule has 0 aliphatic heterocycles. The predicted molar refractivity (Wildman–Crippen MR) is 38.3 cm³/mol. The highest BCUT2D eigenvalue weighted by molar-refractivity contribution is 4.67. The molecular formula is C8H16. The summed E-state index contributed by atoms with van der Waals surface area (Å²) in [6.45, 7) is 6.51. The molecule has 0 atom stereocenters. The summed E-state index contributed by atoms with van der Waals surface area (Å²) in [5, 5.41) is 0. The maximum atomic E-state index is 2.28. The first-order chi connectivity index (χ1) is 3.81. The largest absolute Gasteiger partial charge is 0.0625 e. The molecule has 0 aliphatic rings. The molecule has 0 saturated heterocycles. The normalized spacial score (nSPS) is 10.5. The number of rotatable bonds is 4. The Morgan fingerprint density at radius 1 is 1.12 bits per heavy atom. The lowest BCUT2D eigenvalue weighted by Gasteiger charge is -2.05. The minimum Gasteiger partial charge on any atom is -0.0625 e. The van der Waals surface area contributed by atoms with Gasteiger partial charge >= 0.3 is 0 Å². The topological polar surface area (TPSA) is 0 Å². The van der Waals surface area contributed by atoms with E-state index in [0.717, 1.165) is 5.92 Å². The van der Waals surface area contributed by atoms with Crippen molar-refractivity contribution in [1.82, 2.24) is 0 Å². The van der Waals surface area contributed by atoms with Gasteiger partial charge in [-0.3, -0.25) is 0 Å². The van der Waals surface area contributed by atoms with Crippen molar-refractivity contribution in [3.63, 3.8) is 0 Å². The summed E-state index contributed by atoms with van der Waals surface area (Å²) in [6, 6.07) is 0. The van der Waals surface area contributed by atoms with E-state index in [-0.39, 0.29) is 0 Å². The van der Waals surface area contributed by atoms with Crippen molar-refractivity contribution in [1.29, 1.82) is 0 Å². The van der Waals surface area contributed by atoms with Crippen LogP contribution in [-0.4, -0.2) is 0 Å². The van der Waals surface area contributed by atoms with Gasteiger partial charge in [-0.1, -0.05) is 20.8 Å². The third kappa shape index (κ3) is 4.17. The highest BCUT2D eigenvalue weighted by atomic mass is 14.0. The monoisotopic (exact) mass is 112 g/mol. The highest BCUT2D eigenvalue weighted by Crippen LogP contribution is 2.09. The van der Waals surface area contributed by atoms with Crippen molar-refractivity contribution in [2.45, 2.75) is 33.6 Å². The second-order valence-corrected chi connectivity index (χ2v) is 2.39. The molecule has 8 heavy (non-hydrogen) atoms. The van der Waals surface area contributed by atoms with Crippen LogP contribution in [0.2, 0.25) is 0 Å². The van der Waals surface area contributed by atoms with Gasteiger partial charge in [0.2, 0.25) is 0 Å². The molecule has 0 saturated carbocycles. The summed E-state index contributed by atoms with van der Waals surface area (Å²) >= 11 is 0. The molecule has 0 spiro atoms. The van der Waals surface area contributed by atoms with Gasteiger partial charge in [-0.25, -0.2) is 0 Å². The van der Waals surface area contributed by atoms with Crippen LogP contribution < -0.4 is 0 Å². The van der Waals surface area contributed by atoms with Crippen LogP contribution in [-0.2, 0) is 0 Å². The van der Waals surface area contributed by atoms with Gasteiger partial charge in [0.05, 0.1) is 0 Å². The summed E-state index contributed by atoms with van der Waals surface area (Å²) in [7, 11) is 0. The van der Waals surface area contributed by atoms with Gasteiger partial charge in [-0.15, -0.1) is 0 Å². The van der Waals surface area contributed by atoms with Gasteiger partial charge < -0.3 is 0 Å². The lowest BCUT2D eigenvalue weighted by Crippen LogP contribution is -1.91. The Morgan fingerprint density at radius 3 is 1.75 bits per heavy atom. The van der Waals surface area contributed by atoms with Crippen molar-refractivity contribution in [3.05, 3.63) is 12.8 Å². The van der Waals surface area contributed by atoms with Gasteiger partial charge in [0.25, 0.3) is 0 Å². The lowest BCUT2D eigenvalue weighted by atomic mass is 10.0. The van der Waals surface area contributed by atoms with Crippen LogP contribution in [0.15, 0.2) is 0 Å². The van der Waals surface area contributed by atoms with Crippen LogP contribution in [0.4, 0.5) is 0 Å². The van der Waals surface area contributed by atoms with Gasteiger partial charge in [0.15, 0.2) is 0 Å². The molecule has 0 rings (SSSR count). The summed E-state index contributed by atoms with van der Waals surface area (Å²) in [4.78, 5) is 0. The Labute approximate surface area is 53.3 Å². The zero-order valence-corrected chi connectivity index (χ0v) is 6.15. The fourth-order valence-corrected chi connectivity index (χ4v) is 0.901. The van der Waals surface area contributed by atoms with Crippen LogP contribution in [0.1, 0.15) is 33.6 Å². The van der Waals surface area contributed by atoms with Crippen LogP contribution in [0.3, 0.4) is 0 Å². The van der Waals surface area contributed by atoms with Gasteiger partial charge in [0.1, 0.15) is 0 Å². The van der Waals surface area contributed by atoms with E-state index >= 15 is 0 Å². The Kier molecular flexibility index (Phi) is 5.14. The molecule has 0 aromatic carbocycles. The maximum Gasteiger partial charge on any atom is -0.0414 e. The van der Waals surface area contributed by atoms with Crippen molar-refractivity contribution in [2.24, 2.45) is 5.92 Å². The Morgan fingerprint density at radius 2 is 1.50 bits per heavy atom. The first-order valence-electron chi connectivity index (χ1n) is 3.37. The zero-order chi connectivity index (χ0) is 6.41. The van der Waals surface area contributed by atoms with Crippen LogP contribution >= 0.6 is 0 Å². The Hall–Kier alpha value is 0. The average Bonchev–Trinajstić information content (AvgIpc) is 1.68. The van der Waals surface area contributed by atoms with Crippen molar-refractivity contribution >= 4 is 0 Å². The van der Waals surface area contributed by atoms with Crippen molar-refractivity contribution < 1.29 is 0 Å². The van der Waals surface area contributed by atoms with Gasteiger partial charge in [-0.2, -0.15) is 0 Å². The van der Waals surface area contributed by atoms with Gasteiger partial charge in [-0.05, 0) is 31.6 Å². The Balaban J connectivity index is 2.92. The van der Waals surface area contributed by atoms with E-state index in [1.54, 1.807) is 0 Å². The molecule has 48 valence electrons. The summed E-state index contributed by atoms with van der Waals surface area (Å²) in [5.74, 6) is 0.852. The first kappa shape index (κ1) is 8.00. The third-order valence-corrected chi connectivity index (χ3v) is 1.28. The van der Waals surface area contributed by atoms with Crippen LogP contribution in [0.25, 0.3) is 0 Å². The molecule has 0 bridgehead atoms. The molecule has 0 aliphatic carbocycles. The lowest BCUT2D eigenvalue weighted by molar-refractivity contribution is 0.565. The third-order valence-electron chi connectivity index (χ3n) is 1.28. The number of hydrogen-bond acceptors (Lipinski definition) is 0. The van der Waals surface area contributed by atoms with E-state index in [1.807, 2.05) is 0 Å². The second kappa shape index (κ2) is 5.14. The minimum absolute atomic E-state index is 0.852. The molecule has 0 nitrogen and oxygen atoms in total. The van der Waals surface area contributed by atoms with E-state index in [9.17, 15) is 0 Å². The van der Waals surface area contributed by atoms with Crippen molar-refractivity contribution in [2.75, 3.05) is 0 Å². The second-order valence-electron chi connectivity index (χ2n) is 2.39. The zero-order valence-electron chi connectivity index (χ0n) is 6.15. The molecule has 0 unspecified atom stereocenters. The van der Waals surface area contributed by atoms with Gasteiger partial charge in [0, 0.05) is 0 Å². The fraction of sp³-hybridized carbons (Fsp3) is 0.750. The number of hydrogen-bond donors (Lipinski definition) is 0. The van der Waals surface area contributed by atoms with Crippen molar-refractivity contribution in [3.8, 4) is 0 Å². The van der Waals surface area contributed by atoms with Crippen LogP contribution in [0.5, 0.6) is 0 Å². The summed E-state index contributed by atoms with van der Waals surface area (Å²) in [5.41, 5.74) is 0. The molecule has 0 N–H and O–H groups in total. The SMILES string of the molecule is C[CH]CC(C)C[CH]C. The molecule has 0 aromatic heterocycles. The fourth-order valence-electron chi connectivity index (χ4n) is 0.901. The standard InChI is InChI=1S/C8H16/c1-4-6-8(3)7-5-2/h4-5,8H,6-7H2,1-3H3. The molecule has 0 heteroatoms. The van der Waals surface area contributed by atoms with E-state index < -0.39 is 0 Å². The van der Waals surface area contributed by atoms with E-state index in [2.05, 4.69) is 33.6 Å². The molecule has 0 amide bonds. The quantitative estimate of drug-likeness (QED) is 0.524. The van der Waals surface area contributed by atoms with E-state index in [4.69, 9.17) is 0 Å². The van der Waals surface area contributed by atoms with E-state index in [0.29, 0.717) is 0 Å². The maximum absolute atomic E-state index is 2.28. The summed E-state index contributed by atoms with van der Waals surface area (Å²) < 4.78 is 0. The van der Waals surface area contributed by atoms with E-state index in [1.165, 1.54) is 12.8 Å². The molecular weight excluding hydrogens is 96.1 g/mol. The molecule has 0 aromatic rings. The minimum atomic E-state index is 0.852. The Bertz CT molecular complexity index is 33.3.